The number of hydrogen-bond donors (Lipinski definition) is 1. The van der Waals surface area contributed by atoms with Gasteiger partial charge in [0.1, 0.15) is 5.01 Å². The number of nitrogens with zero attached hydrogens (tertiary/aromatic N) is 1. The Morgan fingerprint density at radius 3 is 2.94 bits per heavy atom. The van der Waals surface area contributed by atoms with E-state index < -0.39 is 0 Å². The average Bonchev–Trinajstić information content (AvgIpc) is 2.95. The molecule has 90 valence electrons. The van der Waals surface area contributed by atoms with E-state index in [9.17, 15) is 0 Å². The van der Waals surface area contributed by atoms with Gasteiger partial charge < -0.3 is 5.32 Å². The van der Waals surface area contributed by atoms with Crippen LogP contribution < -0.4 is 5.32 Å². The van der Waals surface area contributed by atoms with Crippen LogP contribution in [0.5, 0.6) is 0 Å². The van der Waals surface area contributed by atoms with Crippen molar-refractivity contribution in [3.05, 3.63) is 16.1 Å². The van der Waals surface area contributed by atoms with Gasteiger partial charge in [-0.2, -0.15) is 0 Å². The lowest BCUT2D eigenvalue weighted by atomic mass is 10.1. The lowest BCUT2D eigenvalue weighted by Crippen LogP contribution is -2.25. The maximum absolute atomic E-state index is 4.44. The van der Waals surface area contributed by atoms with Gasteiger partial charge >= 0.3 is 0 Å². The molecule has 3 heteroatoms. The second-order valence-electron chi connectivity index (χ2n) is 4.74. The van der Waals surface area contributed by atoms with Crippen LogP contribution in [0.4, 0.5) is 0 Å². The Morgan fingerprint density at radius 2 is 2.31 bits per heavy atom. The first-order valence-electron chi connectivity index (χ1n) is 6.48. The van der Waals surface area contributed by atoms with Crippen molar-refractivity contribution < 1.29 is 0 Å². The molecular formula is C13H22N2S. The Morgan fingerprint density at radius 1 is 1.44 bits per heavy atom. The topological polar surface area (TPSA) is 24.9 Å². The summed E-state index contributed by atoms with van der Waals surface area (Å²) < 4.78 is 0. The van der Waals surface area contributed by atoms with E-state index in [4.69, 9.17) is 0 Å². The minimum absolute atomic E-state index is 0.735. The van der Waals surface area contributed by atoms with Crippen LogP contribution in [-0.4, -0.2) is 11.0 Å². The zero-order valence-electron chi connectivity index (χ0n) is 10.3. The van der Waals surface area contributed by atoms with Gasteiger partial charge in [-0.3, -0.25) is 0 Å². The molecule has 1 aliphatic rings. The van der Waals surface area contributed by atoms with Crippen molar-refractivity contribution in [1.82, 2.24) is 10.3 Å². The summed E-state index contributed by atoms with van der Waals surface area (Å²) in [6.07, 6.45) is 8.60. The summed E-state index contributed by atoms with van der Waals surface area (Å²) in [5.74, 6) is 0.958. The van der Waals surface area contributed by atoms with Gasteiger partial charge in [-0.15, -0.1) is 11.3 Å². The van der Waals surface area contributed by atoms with Crippen molar-refractivity contribution in [2.24, 2.45) is 5.92 Å². The largest absolute Gasteiger partial charge is 0.308 e. The predicted molar refractivity (Wildman–Crippen MR) is 69.8 cm³/mol. The fourth-order valence-electron chi connectivity index (χ4n) is 2.46. The highest BCUT2D eigenvalue weighted by Crippen LogP contribution is 2.28. The molecule has 0 saturated heterocycles. The number of thiazole rings is 1. The van der Waals surface area contributed by atoms with E-state index in [1.807, 2.05) is 17.5 Å². The fourth-order valence-corrected chi connectivity index (χ4v) is 3.27. The molecule has 1 saturated carbocycles. The van der Waals surface area contributed by atoms with E-state index in [0.29, 0.717) is 0 Å². The standard InChI is InChI=1S/C13H22N2S/c1-3-10-5-6-11(7-10)14-9-13-15-8-12(4-2)16-13/h8,10-11,14H,3-7,9H2,1-2H3. The predicted octanol–water partition coefficient (Wildman–Crippen LogP) is 3.37. The molecule has 1 aromatic heterocycles. The molecule has 2 nitrogen and oxygen atoms in total. The van der Waals surface area contributed by atoms with Gasteiger partial charge in [-0.05, 0) is 31.6 Å². The van der Waals surface area contributed by atoms with Crippen LogP contribution in [0.15, 0.2) is 6.20 Å². The lowest BCUT2D eigenvalue weighted by molar-refractivity contribution is 0.476. The highest BCUT2D eigenvalue weighted by molar-refractivity contribution is 7.11. The molecule has 0 amide bonds. The summed E-state index contributed by atoms with van der Waals surface area (Å²) in [4.78, 5) is 5.84. The summed E-state index contributed by atoms with van der Waals surface area (Å²) in [7, 11) is 0. The highest BCUT2D eigenvalue weighted by Gasteiger charge is 2.22. The molecule has 0 radical (unpaired) electrons. The molecule has 1 N–H and O–H groups in total. The molecule has 16 heavy (non-hydrogen) atoms. The SMILES string of the molecule is CCc1cnc(CNC2CCC(CC)C2)s1. The van der Waals surface area contributed by atoms with Gasteiger partial charge in [0.05, 0.1) is 0 Å². The Kier molecular flexibility index (Phi) is 4.36. The van der Waals surface area contributed by atoms with E-state index in [2.05, 4.69) is 24.1 Å². The quantitative estimate of drug-likeness (QED) is 0.850. The summed E-state index contributed by atoms with van der Waals surface area (Å²) >= 11 is 1.85. The first-order chi connectivity index (χ1) is 7.81. The van der Waals surface area contributed by atoms with Crippen molar-refractivity contribution in [2.45, 2.75) is 58.5 Å². The maximum Gasteiger partial charge on any atom is 0.107 e. The molecule has 0 spiro atoms. The zero-order chi connectivity index (χ0) is 11.4. The molecule has 0 aromatic carbocycles. The zero-order valence-corrected chi connectivity index (χ0v) is 11.1. The second kappa shape index (κ2) is 5.78. The number of hydrogen-bond acceptors (Lipinski definition) is 3. The number of nitrogens with one attached hydrogen (secondary N) is 1. The number of rotatable bonds is 5. The lowest BCUT2D eigenvalue weighted by Gasteiger charge is -2.11. The average molecular weight is 238 g/mol. The normalized spacial score (nSPS) is 25.1. The van der Waals surface area contributed by atoms with Gasteiger partial charge in [-0.1, -0.05) is 20.3 Å². The monoisotopic (exact) mass is 238 g/mol. The van der Waals surface area contributed by atoms with E-state index in [0.717, 1.165) is 24.9 Å². The summed E-state index contributed by atoms with van der Waals surface area (Å²) in [5, 5.41) is 4.89. The molecule has 0 bridgehead atoms. The van der Waals surface area contributed by atoms with E-state index in [1.54, 1.807) is 0 Å². The summed E-state index contributed by atoms with van der Waals surface area (Å²) in [6, 6.07) is 0.735. The second-order valence-corrected chi connectivity index (χ2v) is 5.94. The maximum atomic E-state index is 4.44. The Balaban J connectivity index is 1.75. The molecule has 0 aliphatic heterocycles. The molecule has 2 unspecified atom stereocenters. The van der Waals surface area contributed by atoms with Crippen molar-refractivity contribution in [3.63, 3.8) is 0 Å². The third kappa shape index (κ3) is 3.05. The summed E-state index contributed by atoms with van der Waals surface area (Å²) in [5.41, 5.74) is 0. The van der Waals surface area contributed by atoms with Crippen LogP contribution in [0.25, 0.3) is 0 Å². The molecule has 1 aliphatic carbocycles. The van der Waals surface area contributed by atoms with E-state index in [-0.39, 0.29) is 0 Å². The third-order valence-corrected chi connectivity index (χ3v) is 4.75. The molecule has 1 aromatic rings. The highest BCUT2D eigenvalue weighted by atomic mass is 32.1. The first-order valence-corrected chi connectivity index (χ1v) is 7.30. The van der Waals surface area contributed by atoms with E-state index in [1.165, 1.54) is 35.6 Å². The van der Waals surface area contributed by atoms with Crippen molar-refractivity contribution in [3.8, 4) is 0 Å². The van der Waals surface area contributed by atoms with Crippen molar-refractivity contribution in [2.75, 3.05) is 0 Å². The fraction of sp³-hybridized carbons (Fsp3) is 0.769. The molecule has 1 heterocycles. The molecule has 2 rings (SSSR count). The molecule has 2 atom stereocenters. The van der Waals surface area contributed by atoms with Crippen LogP contribution in [-0.2, 0) is 13.0 Å². The number of aryl methyl sites for hydroxylation is 1. The molecular weight excluding hydrogens is 216 g/mol. The van der Waals surface area contributed by atoms with Crippen LogP contribution in [0, 0.1) is 5.92 Å². The van der Waals surface area contributed by atoms with Crippen LogP contribution >= 0.6 is 11.3 Å². The summed E-state index contributed by atoms with van der Waals surface area (Å²) in [6.45, 7) is 5.46. The van der Waals surface area contributed by atoms with Crippen LogP contribution in [0.2, 0.25) is 0 Å². The van der Waals surface area contributed by atoms with Gasteiger partial charge in [-0.25, -0.2) is 4.98 Å². The minimum Gasteiger partial charge on any atom is -0.308 e. The van der Waals surface area contributed by atoms with Crippen LogP contribution in [0.3, 0.4) is 0 Å². The minimum atomic E-state index is 0.735. The van der Waals surface area contributed by atoms with Gasteiger partial charge in [0.15, 0.2) is 0 Å². The van der Waals surface area contributed by atoms with Gasteiger partial charge in [0.2, 0.25) is 0 Å². The van der Waals surface area contributed by atoms with E-state index >= 15 is 0 Å². The Labute approximate surface area is 102 Å². The van der Waals surface area contributed by atoms with Crippen molar-refractivity contribution >= 4 is 11.3 Å². The Hall–Kier alpha value is -0.410. The first kappa shape index (κ1) is 12.1. The van der Waals surface area contributed by atoms with Gasteiger partial charge in [0, 0.05) is 23.7 Å². The smallest absolute Gasteiger partial charge is 0.107 e. The van der Waals surface area contributed by atoms with Gasteiger partial charge in [0.25, 0.3) is 0 Å². The van der Waals surface area contributed by atoms with Crippen molar-refractivity contribution in [1.29, 1.82) is 0 Å². The van der Waals surface area contributed by atoms with Crippen LogP contribution in [0.1, 0.15) is 49.4 Å². The Bertz CT molecular complexity index is 321. The number of aromatic nitrogens is 1. The molecule has 1 fully saturated rings. The third-order valence-electron chi connectivity index (χ3n) is 3.61.